The number of nitrogens with zero attached hydrogens (tertiary/aromatic N) is 1. The van der Waals surface area contributed by atoms with Crippen LogP contribution in [-0.4, -0.2) is 23.1 Å². The molecule has 0 bridgehead atoms. The number of halogens is 2. The third kappa shape index (κ3) is 2.79. The first-order valence-electron chi connectivity index (χ1n) is 7.98. The number of H-pyrrole nitrogens is 1. The summed E-state index contributed by atoms with van der Waals surface area (Å²) in [6.45, 7) is 0. The van der Waals surface area contributed by atoms with E-state index >= 15 is 0 Å². The van der Waals surface area contributed by atoms with Gasteiger partial charge in [-0.25, -0.2) is 8.78 Å². The number of carbonyl (C=O) groups is 1. The minimum absolute atomic E-state index is 0.0355. The molecule has 1 aromatic heterocycles. The molecule has 26 heavy (non-hydrogen) atoms. The zero-order chi connectivity index (χ0) is 18.3. The van der Waals surface area contributed by atoms with Crippen LogP contribution in [0.3, 0.4) is 0 Å². The fourth-order valence-corrected chi connectivity index (χ4v) is 3.04. The Kier molecular flexibility index (Phi) is 3.88. The van der Waals surface area contributed by atoms with Crippen molar-refractivity contribution in [2.75, 3.05) is 7.11 Å². The molecule has 130 valence electrons. The molecule has 1 aliphatic rings. The highest BCUT2D eigenvalue weighted by atomic mass is 19.2. The summed E-state index contributed by atoms with van der Waals surface area (Å²) in [5.41, 5.74) is 3.76. The third-order valence-corrected chi connectivity index (χ3v) is 4.37. The second-order valence-corrected chi connectivity index (χ2v) is 6.04. The van der Waals surface area contributed by atoms with Gasteiger partial charge in [0.15, 0.2) is 17.4 Å². The summed E-state index contributed by atoms with van der Waals surface area (Å²) >= 11 is 0. The van der Waals surface area contributed by atoms with Gasteiger partial charge in [0, 0.05) is 23.1 Å². The number of ether oxygens (including phenoxy) is 1. The first-order valence-corrected chi connectivity index (χ1v) is 7.98. The molecule has 0 amide bonds. The summed E-state index contributed by atoms with van der Waals surface area (Å²) in [5, 5.41) is 6.93. The van der Waals surface area contributed by atoms with E-state index in [0.717, 1.165) is 17.7 Å². The summed E-state index contributed by atoms with van der Waals surface area (Å²) in [4.78, 5) is 12.5. The average molecular weight is 352 g/mol. The number of allylic oxidation sites excluding steroid dienone is 1. The number of nitrogens with one attached hydrogen (secondary N) is 1. The Balaban J connectivity index is 1.63. The van der Waals surface area contributed by atoms with Gasteiger partial charge in [0.25, 0.3) is 0 Å². The Morgan fingerprint density at radius 2 is 1.96 bits per heavy atom. The number of ketones is 1. The van der Waals surface area contributed by atoms with E-state index in [2.05, 4.69) is 10.2 Å². The fraction of sp³-hybridized carbons (Fsp3) is 0.100. The third-order valence-electron chi connectivity index (χ3n) is 4.37. The molecule has 0 atom stereocenters. The van der Waals surface area contributed by atoms with Gasteiger partial charge in [0.2, 0.25) is 0 Å². The molecular weight excluding hydrogens is 338 g/mol. The van der Waals surface area contributed by atoms with Gasteiger partial charge in [-0.05, 0) is 54.1 Å². The molecule has 6 heteroatoms. The predicted molar refractivity (Wildman–Crippen MR) is 92.9 cm³/mol. The number of hydrogen-bond acceptors (Lipinski definition) is 3. The van der Waals surface area contributed by atoms with Gasteiger partial charge in [0.1, 0.15) is 5.75 Å². The predicted octanol–water partition coefficient (Wildman–Crippen LogP) is 4.19. The Hall–Kier alpha value is -3.28. The highest BCUT2D eigenvalue weighted by molar-refractivity contribution is 6.15. The lowest BCUT2D eigenvalue weighted by Crippen LogP contribution is -1.95. The zero-order valence-corrected chi connectivity index (χ0v) is 13.8. The minimum Gasteiger partial charge on any atom is -0.497 e. The summed E-state index contributed by atoms with van der Waals surface area (Å²) in [6.07, 6.45) is 2.23. The van der Waals surface area contributed by atoms with E-state index in [1.54, 1.807) is 31.4 Å². The quantitative estimate of drug-likeness (QED) is 0.719. The summed E-state index contributed by atoms with van der Waals surface area (Å²) in [7, 11) is 1.58. The molecule has 0 fully saturated rings. The number of carbonyl (C=O) groups excluding carboxylic acids is 1. The van der Waals surface area contributed by atoms with Crippen LogP contribution in [0.5, 0.6) is 5.75 Å². The van der Waals surface area contributed by atoms with Crippen molar-refractivity contribution in [3.8, 4) is 17.0 Å². The van der Waals surface area contributed by atoms with E-state index in [4.69, 9.17) is 4.74 Å². The van der Waals surface area contributed by atoms with Crippen LogP contribution in [0, 0.1) is 11.6 Å². The lowest BCUT2D eigenvalue weighted by Gasteiger charge is -2.01. The molecule has 0 saturated heterocycles. The normalized spacial score (nSPS) is 14.7. The van der Waals surface area contributed by atoms with E-state index in [1.807, 2.05) is 6.07 Å². The minimum atomic E-state index is -0.930. The number of fused-ring (bicyclic) bond motifs is 1. The molecule has 2 aromatic carbocycles. The number of hydrogen-bond donors (Lipinski definition) is 1. The molecule has 1 aliphatic carbocycles. The van der Waals surface area contributed by atoms with Crippen molar-refractivity contribution in [3.05, 3.63) is 76.5 Å². The van der Waals surface area contributed by atoms with Crippen LogP contribution in [0.25, 0.3) is 17.3 Å². The fourth-order valence-electron chi connectivity index (χ4n) is 3.04. The average Bonchev–Trinajstić information content (AvgIpc) is 3.22. The Morgan fingerprint density at radius 1 is 1.12 bits per heavy atom. The molecule has 0 aliphatic heterocycles. The second-order valence-electron chi connectivity index (χ2n) is 6.04. The van der Waals surface area contributed by atoms with Crippen LogP contribution in [-0.2, 0) is 6.42 Å². The van der Waals surface area contributed by atoms with Crippen LogP contribution >= 0.6 is 0 Å². The van der Waals surface area contributed by atoms with Crippen molar-refractivity contribution in [1.82, 2.24) is 10.2 Å². The van der Waals surface area contributed by atoms with Crippen molar-refractivity contribution in [3.63, 3.8) is 0 Å². The SMILES string of the molecule is COc1ccc2c(c1)CC(=Cc1cc(-c3ccc(F)c(F)c3)n[nH]1)C2=O. The van der Waals surface area contributed by atoms with Crippen molar-refractivity contribution in [1.29, 1.82) is 0 Å². The maximum absolute atomic E-state index is 13.4. The van der Waals surface area contributed by atoms with Gasteiger partial charge in [-0.1, -0.05) is 0 Å². The van der Waals surface area contributed by atoms with Crippen LogP contribution < -0.4 is 4.74 Å². The van der Waals surface area contributed by atoms with Gasteiger partial charge in [-0.2, -0.15) is 5.10 Å². The van der Waals surface area contributed by atoms with Crippen molar-refractivity contribution >= 4 is 11.9 Å². The van der Waals surface area contributed by atoms with E-state index in [9.17, 15) is 13.6 Å². The molecule has 1 N–H and O–H groups in total. The maximum Gasteiger partial charge on any atom is 0.189 e. The van der Waals surface area contributed by atoms with Crippen molar-refractivity contribution in [2.45, 2.75) is 6.42 Å². The standard InChI is InChI=1S/C20H14F2N2O2/c1-26-15-3-4-16-12(8-15)6-13(20(16)25)7-14-10-19(24-23-14)11-2-5-17(21)18(22)9-11/h2-5,7-10H,6H2,1H3,(H,23,24). The Morgan fingerprint density at radius 3 is 2.73 bits per heavy atom. The lowest BCUT2D eigenvalue weighted by molar-refractivity contribution is 0.104. The van der Waals surface area contributed by atoms with Gasteiger partial charge in [0.05, 0.1) is 18.5 Å². The Labute approximate surface area is 148 Å². The molecule has 3 aromatic rings. The van der Waals surface area contributed by atoms with Gasteiger partial charge >= 0.3 is 0 Å². The van der Waals surface area contributed by atoms with Gasteiger partial charge in [-0.15, -0.1) is 0 Å². The Bertz CT molecular complexity index is 1050. The highest BCUT2D eigenvalue weighted by Gasteiger charge is 2.25. The molecule has 1 heterocycles. The number of Topliss-reactive ketones (excluding diaryl/α,β-unsaturated/α-hetero) is 1. The van der Waals surface area contributed by atoms with Gasteiger partial charge in [-0.3, -0.25) is 9.89 Å². The number of benzene rings is 2. The molecule has 4 nitrogen and oxygen atoms in total. The number of methoxy groups -OCH3 is 1. The lowest BCUT2D eigenvalue weighted by atomic mass is 10.1. The summed E-state index contributed by atoms with van der Waals surface area (Å²) in [6, 6.07) is 10.7. The molecule has 4 rings (SSSR count). The largest absolute Gasteiger partial charge is 0.497 e. The first-order chi connectivity index (χ1) is 12.5. The molecule has 0 spiro atoms. The van der Waals surface area contributed by atoms with Crippen LogP contribution in [0.1, 0.15) is 21.6 Å². The van der Waals surface area contributed by atoms with E-state index in [1.165, 1.54) is 6.07 Å². The smallest absolute Gasteiger partial charge is 0.189 e. The van der Waals surface area contributed by atoms with Crippen molar-refractivity contribution < 1.29 is 18.3 Å². The molecule has 0 radical (unpaired) electrons. The number of rotatable bonds is 3. The van der Waals surface area contributed by atoms with Crippen LogP contribution in [0.2, 0.25) is 0 Å². The topological polar surface area (TPSA) is 55.0 Å². The van der Waals surface area contributed by atoms with Crippen LogP contribution in [0.4, 0.5) is 8.78 Å². The monoisotopic (exact) mass is 352 g/mol. The highest BCUT2D eigenvalue weighted by Crippen LogP contribution is 2.31. The van der Waals surface area contributed by atoms with E-state index in [0.29, 0.717) is 40.3 Å². The molecule has 0 unspecified atom stereocenters. The first kappa shape index (κ1) is 16.2. The zero-order valence-electron chi connectivity index (χ0n) is 13.8. The number of aromatic amines is 1. The van der Waals surface area contributed by atoms with Gasteiger partial charge < -0.3 is 4.74 Å². The summed E-state index contributed by atoms with van der Waals surface area (Å²) < 4.78 is 31.6. The second kappa shape index (κ2) is 6.22. The molecule has 0 saturated carbocycles. The molecular formula is C20H14F2N2O2. The number of aromatic nitrogens is 2. The van der Waals surface area contributed by atoms with E-state index < -0.39 is 11.6 Å². The van der Waals surface area contributed by atoms with E-state index in [-0.39, 0.29) is 5.78 Å². The van der Waals surface area contributed by atoms with Crippen molar-refractivity contribution in [2.24, 2.45) is 0 Å². The maximum atomic E-state index is 13.4. The van der Waals surface area contributed by atoms with Crippen LogP contribution in [0.15, 0.2) is 48.0 Å². The summed E-state index contributed by atoms with van der Waals surface area (Å²) in [5.74, 6) is -1.16.